The Balaban J connectivity index is 3.09. The second-order valence-corrected chi connectivity index (χ2v) is 4.74. The van der Waals surface area contributed by atoms with Crippen LogP contribution in [0.1, 0.15) is 42.9 Å². The van der Waals surface area contributed by atoms with Gasteiger partial charge in [-0.3, -0.25) is 4.79 Å². The molecular weight excluding hydrogens is 244 g/mol. The first kappa shape index (κ1) is 15.4. The van der Waals surface area contributed by atoms with Crippen molar-refractivity contribution in [2.45, 2.75) is 33.7 Å². The van der Waals surface area contributed by atoms with Gasteiger partial charge >= 0.3 is 5.97 Å². The van der Waals surface area contributed by atoms with E-state index in [1.807, 2.05) is 18.4 Å². The highest BCUT2D eigenvalue weighted by molar-refractivity contribution is 5.87. The van der Waals surface area contributed by atoms with E-state index in [1.54, 1.807) is 0 Å². The molecule has 1 aromatic rings. The highest BCUT2D eigenvalue weighted by Crippen LogP contribution is 2.11. The van der Waals surface area contributed by atoms with Crippen LogP contribution in [0.25, 0.3) is 0 Å². The highest BCUT2D eigenvalue weighted by Gasteiger charge is 2.15. The van der Waals surface area contributed by atoms with Gasteiger partial charge in [0.15, 0.2) is 5.43 Å². The minimum atomic E-state index is -1.17. The molecule has 0 saturated carbocycles. The molecule has 0 bridgehead atoms. The largest absolute Gasteiger partial charge is 0.477 e. The molecule has 5 nitrogen and oxygen atoms in total. The van der Waals surface area contributed by atoms with Gasteiger partial charge in [-0.2, -0.15) is 0 Å². The van der Waals surface area contributed by atoms with Crippen LogP contribution in [0.3, 0.4) is 0 Å². The molecule has 1 rings (SSSR count). The molecule has 0 fully saturated rings. The average molecular weight is 266 g/mol. The van der Waals surface area contributed by atoms with E-state index < -0.39 is 11.4 Å². The van der Waals surface area contributed by atoms with Crippen LogP contribution < -0.4 is 5.43 Å². The molecule has 0 aliphatic rings. The molecule has 1 heterocycles. The Labute approximate surface area is 113 Å². The number of rotatable bonds is 6. The molecule has 1 N–H and O–H groups in total. The van der Waals surface area contributed by atoms with Crippen molar-refractivity contribution in [2.24, 2.45) is 0 Å². The summed E-state index contributed by atoms with van der Waals surface area (Å²) < 4.78 is 1.86. The maximum atomic E-state index is 11.6. The topological polar surface area (TPSA) is 62.5 Å². The predicted octanol–water partition coefficient (Wildman–Crippen LogP) is 1.76. The third kappa shape index (κ3) is 3.67. The number of carbonyl (C=O) groups is 1. The van der Waals surface area contributed by atoms with Crippen LogP contribution in [0.4, 0.5) is 0 Å². The standard InChI is InChI=1S/C14H22N2O3/c1-5-15(6-2)8-11(4)16-9-12(14(18)19)13(17)7-10(16)3/h7,9,11H,5-6,8H2,1-4H3,(H,18,19). The molecule has 0 saturated heterocycles. The highest BCUT2D eigenvalue weighted by atomic mass is 16.4. The molecule has 5 heteroatoms. The number of aromatic carboxylic acids is 1. The maximum Gasteiger partial charge on any atom is 0.341 e. The lowest BCUT2D eigenvalue weighted by Crippen LogP contribution is -2.31. The normalized spacial score (nSPS) is 12.7. The zero-order valence-electron chi connectivity index (χ0n) is 12.0. The summed E-state index contributed by atoms with van der Waals surface area (Å²) in [5.74, 6) is -1.17. The first-order valence-corrected chi connectivity index (χ1v) is 6.59. The number of likely N-dealkylation sites (N-methyl/N-ethyl adjacent to an activating group) is 1. The van der Waals surface area contributed by atoms with Crippen LogP contribution in [0.2, 0.25) is 0 Å². The van der Waals surface area contributed by atoms with Gasteiger partial charge in [0.1, 0.15) is 5.56 Å². The molecule has 0 spiro atoms. The molecule has 1 aromatic heterocycles. The quantitative estimate of drug-likeness (QED) is 0.852. The molecule has 0 amide bonds. The Hall–Kier alpha value is -1.62. The second kappa shape index (κ2) is 6.52. The minimum absolute atomic E-state index is 0.124. The Bertz CT molecular complexity index is 504. The van der Waals surface area contributed by atoms with E-state index in [-0.39, 0.29) is 11.6 Å². The number of nitrogens with zero attached hydrogens (tertiary/aromatic N) is 2. The summed E-state index contributed by atoms with van der Waals surface area (Å²) in [6.07, 6.45) is 1.45. The van der Waals surface area contributed by atoms with Crippen molar-refractivity contribution < 1.29 is 9.90 Å². The predicted molar refractivity (Wildman–Crippen MR) is 74.9 cm³/mol. The Kier molecular flexibility index (Phi) is 5.30. The fourth-order valence-electron chi connectivity index (χ4n) is 2.23. The number of aryl methyl sites for hydroxylation is 1. The van der Waals surface area contributed by atoms with Crippen molar-refractivity contribution >= 4 is 5.97 Å². The zero-order chi connectivity index (χ0) is 14.6. The van der Waals surface area contributed by atoms with E-state index in [4.69, 9.17) is 5.11 Å². The van der Waals surface area contributed by atoms with Crippen molar-refractivity contribution in [3.8, 4) is 0 Å². The van der Waals surface area contributed by atoms with E-state index in [0.29, 0.717) is 0 Å². The third-order valence-corrected chi connectivity index (χ3v) is 3.40. The third-order valence-electron chi connectivity index (χ3n) is 3.40. The van der Waals surface area contributed by atoms with Gasteiger partial charge in [-0.05, 0) is 26.9 Å². The molecule has 0 aliphatic carbocycles. The van der Waals surface area contributed by atoms with Crippen LogP contribution in [-0.2, 0) is 0 Å². The summed E-state index contributed by atoms with van der Waals surface area (Å²) in [6, 6.07) is 1.51. The van der Waals surface area contributed by atoms with Crippen molar-refractivity contribution in [2.75, 3.05) is 19.6 Å². The molecule has 0 radical (unpaired) electrons. The lowest BCUT2D eigenvalue weighted by molar-refractivity contribution is 0.0694. The smallest absolute Gasteiger partial charge is 0.341 e. The van der Waals surface area contributed by atoms with Crippen LogP contribution in [0, 0.1) is 6.92 Å². The zero-order valence-corrected chi connectivity index (χ0v) is 12.0. The van der Waals surface area contributed by atoms with Crippen molar-refractivity contribution in [1.29, 1.82) is 0 Å². The van der Waals surface area contributed by atoms with Gasteiger partial charge in [-0.1, -0.05) is 13.8 Å². The Morgan fingerprint density at radius 2 is 2.00 bits per heavy atom. The summed E-state index contributed by atoms with van der Waals surface area (Å²) in [7, 11) is 0. The molecule has 1 atom stereocenters. The lowest BCUT2D eigenvalue weighted by atomic mass is 10.2. The van der Waals surface area contributed by atoms with Gasteiger partial charge < -0.3 is 14.6 Å². The average Bonchev–Trinajstić information content (AvgIpc) is 2.35. The number of carboxylic acids is 1. The van der Waals surface area contributed by atoms with E-state index in [2.05, 4.69) is 18.7 Å². The molecular formula is C14H22N2O3. The van der Waals surface area contributed by atoms with Crippen LogP contribution in [-0.4, -0.2) is 40.2 Å². The van der Waals surface area contributed by atoms with E-state index in [0.717, 1.165) is 25.3 Å². The number of hydrogen-bond acceptors (Lipinski definition) is 3. The van der Waals surface area contributed by atoms with Gasteiger partial charge in [0.25, 0.3) is 0 Å². The first-order valence-electron chi connectivity index (χ1n) is 6.59. The maximum absolute atomic E-state index is 11.6. The summed E-state index contributed by atoms with van der Waals surface area (Å²) >= 11 is 0. The fraction of sp³-hybridized carbons (Fsp3) is 0.571. The number of pyridine rings is 1. The van der Waals surface area contributed by atoms with Crippen molar-refractivity contribution in [3.05, 3.63) is 33.7 Å². The molecule has 19 heavy (non-hydrogen) atoms. The fourth-order valence-corrected chi connectivity index (χ4v) is 2.23. The van der Waals surface area contributed by atoms with Crippen LogP contribution >= 0.6 is 0 Å². The van der Waals surface area contributed by atoms with E-state index in [1.165, 1.54) is 12.3 Å². The Morgan fingerprint density at radius 1 is 1.42 bits per heavy atom. The van der Waals surface area contributed by atoms with E-state index >= 15 is 0 Å². The number of carboxylic acid groups (broad SMARTS) is 1. The molecule has 1 unspecified atom stereocenters. The van der Waals surface area contributed by atoms with Crippen molar-refractivity contribution in [1.82, 2.24) is 9.47 Å². The van der Waals surface area contributed by atoms with Crippen LogP contribution in [0.5, 0.6) is 0 Å². The minimum Gasteiger partial charge on any atom is -0.477 e. The molecule has 0 aromatic carbocycles. The summed E-state index contributed by atoms with van der Waals surface area (Å²) in [5, 5.41) is 9.01. The van der Waals surface area contributed by atoms with Gasteiger partial charge in [-0.25, -0.2) is 4.79 Å². The van der Waals surface area contributed by atoms with Crippen LogP contribution in [0.15, 0.2) is 17.1 Å². The van der Waals surface area contributed by atoms with Gasteiger partial charge in [0.2, 0.25) is 0 Å². The summed E-state index contributed by atoms with van der Waals surface area (Å²) in [6.45, 7) is 10.8. The summed E-state index contributed by atoms with van der Waals surface area (Å²) in [4.78, 5) is 24.9. The number of hydrogen-bond donors (Lipinski definition) is 1. The van der Waals surface area contributed by atoms with Gasteiger partial charge in [-0.15, -0.1) is 0 Å². The monoisotopic (exact) mass is 266 g/mol. The first-order chi connectivity index (χ1) is 8.90. The summed E-state index contributed by atoms with van der Waals surface area (Å²) in [5.41, 5.74) is 0.183. The van der Waals surface area contributed by atoms with E-state index in [9.17, 15) is 9.59 Å². The second-order valence-electron chi connectivity index (χ2n) is 4.74. The van der Waals surface area contributed by atoms with Gasteiger partial charge in [0, 0.05) is 30.5 Å². The Morgan fingerprint density at radius 3 is 2.47 bits per heavy atom. The van der Waals surface area contributed by atoms with Crippen molar-refractivity contribution in [3.63, 3.8) is 0 Å². The van der Waals surface area contributed by atoms with Gasteiger partial charge in [0.05, 0.1) is 0 Å². The molecule has 0 aliphatic heterocycles. The number of aromatic nitrogens is 1. The molecule has 106 valence electrons. The SMILES string of the molecule is CCN(CC)CC(C)n1cc(C(=O)O)c(=O)cc1C. The lowest BCUT2D eigenvalue weighted by Gasteiger charge is -2.26.